The highest BCUT2D eigenvalue weighted by molar-refractivity contribution is 5.80. The minimum absolute atomic E-state index is 0.0714. The molecule has 1 saturated heterocycles. The monoisotopic (exact) mass is 448 g/mol. The van der Waals surface area contributed by atoms with Crippen molar-refractivity contribution in [3.05, 3.63) is 75.5 Å². The summed E-state index contributed by atoms with van der Waals surface area (Å²) < 4.78 is 3.36. The van der Waals surface area contributed by atoms with Gasteiger partial charge in [-0.25, -0.2) is 4.68 Å². The number of hydrogen-bond donors (Lipinski definition) is 0. The second-order valence-electron chi connectivity index (χ2n) is 8.91. The number of nitrogens with zero attached hydrogens (tertiary/aromatic N) is 6. The number of carbonyl (C=O) groups is 1. The molecule has 0 bridgehead atoms. The molecule has 8 heteroatoms. The van der Waals surface area contributed by atoms with E-state index >= 15 is 0 Å². The molecule has 1 atom stereocenters. The largest absolute Gasteiger partial charge is 0.369 e. The van der Waals surface area contributed by atoms with Gasteiger partial charge in [0.25, 0.3) is 5.56 Å². The van der Waals surface area contributed by atoms with Gasteiger partial charge < -0.3 is 9.80 Å². The zero-order valence-electron chi connectivity index (χ0n) is 19.9. The van der Waals surface area contributed by atoms with Crippen molar-refractivity contribution in [3.8, 4) is 0 Å². The van der Waals surface area contributed by atoms with Gasteiger partial charge in [-0.3, -0.25) is 14.3 Å². The summed E-state index contributed by atoms with van der Waals surface area (Å²) >= 11 is 0. The van der Waals surface area contributed by atoms with E-state index in [4.69, 9.17) is 0 Å². The Hall–Kier alpha value is -3.42. The maximum absolute atomic E-state index is 13.0. The maximum Gasteiger partial charge on any atom is 0.269 e. The molecule has 1 amide bonds. The van der Waals surface area contributed by atoms with Crippen molar-refractivity contribution < 1.29 is 4.79 Å². The van der Waals surface area contributed by atoms with Crippen LogP contribution in [0.5, 0.6) is 0 Å². The molecule has 1 unspecified atom stereocenters. The summed E-state index contributed by atoms with van der Waals surface area (Å²) in [6, 6.07) is 11.4. The van der Waals surface area contributed by atoms with Crippen LogP contribution < -0.4 is 10.5 Å². The van der Waals surface area contributed by atoms with Gasteiger partial charge in [0.15, 0.2) is 0 Å². The van der Waals surface area contributed by atoms with E-state index in [1.165, 1.54) is 10.2 Å². The number of rotatable bonds is 7. The number of aryl methyl sites for hydroxylation is 2. The molecular formula is C25H32N6O2. The van der Waals surface area contributed by atoms with Crippen LogP contribution in [0.2, 0.25) is 0 Å². The standard InChI is InChI=1S/C25H32N6O2/c1-18-23(19(2)29(4)27-18)11-12-28(3)25(33)21-10-13-30(17-21)22-14-24(32)31(26-15-22)16-20-8-6-5-7-9-20/h5-9,14-15,21H,10-13,16-17H2,1-4H3. The van der Waals surface area contributed by atoms with Gasteiger partial charge in [0.05, 0.1) is 30.0 Å². The Morgan fingerprint density at radius 2 is 1.97 bits per heavy atom. The van der Waals surface area contributed by atoms with Gasteiger partial charge in [0, 0.05) is 45.5 Å². The molecule has 1 fully saturated rings. The van der Waals surface area contributed by atoms with Crippen molar-refractivity contribution in [1.29, 1.82) is 0 Å². The molecule has 1 aliphatic heterocycles. The van der Waals surface area contributed by atoms with Crippen LogP contribution in [0.15, 0.2) is 47.4 Å². The van der Waals surface area contributed by atoms with Crippen molar-refractivity contribution in [3.63, 3.8) is 0 Å². The van der Waals surface area contributed by atoms with Crippen molar-refractivity contribution >= 4 is 11.6 Å². The van der Waals surface area contributed by atoms with Crippen LogP contribution in [0.4, 0.5) is 5.69 Å². The van der Waals surface area contributed by atoms with Crippen LogP contribution in [0.25, 0.3) is 0 Å². The van der Waals surface area contributed by atoms with E-state index in [0.717, 1.165) is 42.0 Å². The SMILES string of the molecule is Cc1nn(C)c(C)c1CCN(C)C(=O)C1CCN(c2cnn(Cc3ccccc3)c(=O)c2)C1. The minimum atomic E-state index is -0.134. The Balaban J connectivity index is 1.35. The quantitative estimate of drug-likeness (QED) is 0.554. The summed E-state index contributed by atoms with van der Waals surface area (Å²) in [5.74, 6) is 0.0833. The Kier molecular flexibility index (Phi) is 6.62. The second kappa shape index (κ2) is 9.60. The first-order valence-electron chi connectivity index (χ1n) is 11.4. The number of aromatic nitrogens is 4. The molecule has 33 heavy (non-hydrogen) atoms. The molecule has 0 saturated carbocycles. The van der Waals surface area contributed by atoms with Gasteiger partial charge in [-0.05, 0) is 37.8 Å². The number of anilines is 1. The summed E-state index contributed by atoms with van der Waals surface area (Å²) in [6.07, 6.45) is 3.31. The number of likely N-dealkylation sites (N-methyl/N-ethyl adjacent to an activating group) is 1. The van der Waals surface area contributed by atoms with Gasteiger partial charge in [0.1, 0.15) is 0 Å². The number of carbonyl (C=O) groups excluding carboxylic acids is 1. The van der Waals surface area contributed by atoms with Gasteiger partial charge in [0.2, 0.25) is 5.91 Å². The molecule has 4 rings (SSSR count). The average Bonchev–Trinajstić information content (AvgIpc) is 3.39. The van der Waals surface area contributed by atoms with Crippen LogP contribution in [0.1, 0.15) is 28.9 Å². The number of benzene rings is 1. The van der Waals surface area contributed by atoms with E-state index in [2.05, 4.69) is 22.0 Å². The lowest BCUT2D eigenvalue weighted by molar-refractivity contribution is -0.133. The lowest BCUT2D eigenvalue weighted by Crippen LogP contribution is -2.36. The van der Waals surface area contributed by atoms with Crippen LogP contribution in [-0.4, -0.2) is 57.1 Å². The van der Waals surface area contributed by atoms with Gasteiger partial charge in [-0.15, -0.1) is 0 Å². The molecule has 1 aromatic carbocycles. The highest BCUT2D eigenvalue weighted by atomic mass is 16.2. The van der Waals surface area contributed by atoms with Crippen LogP contribution in [0, 0.1) is 19.8 Å². The van der Waals surface area contributed by atoms with Crippen molar-refractivity contribution in [2.45, 2.75) is 33.2 Å². The maximum atomic E-state index is 13.0. The third-order valence-electron chi connectivity index (χ3n) is 6.67. The van der Waals surface area contributed by atoms with E-state index in [9.17, 15) is 9.59 Å². The Morgan fingerprint density at radius 1 is 1.21 bits per heavy atom. The summed E-state index contributed by atoms with van der Waals surface area (Å²) in [7, 11) is 3.82. The highest BCUT2D eigenvalue weighted by Gasteiger charge is 2.31. The zero-order chi connectivity index (χ0) is 23.5. The zero-order valence-corrected chi connectivity index (χ0v) is 19.9. The van der Waals surface area contributed by atoms with Crippen LogP contribution in [-0.2, 0) is 24.8 Å². The summed E-state index contributed by atoms with van der Waals surface area (Å²) in [5.41, 5.74) is 5.07. The van der Waals surface area contributed by atoms with Gasteiger partial charge in [-0.2, -0.15) is 10.2 Å². The first-order valence-corrected chi connectivity index (χ1v) is 11.4. The molecular weight excluding hydrogens is 416 g/mol. The normalized spacial score (nSPS) is 15.8. The van der Waals surface area contributed by atoms with Crippen molar-refractivity contribution in [2.24, 2.45) is 13.0 Å². The predicted octanol–water partition coefficient (Wildman–Crippen LogP) is 2.17. The van der Waals surface area contributed by atoms with Crippen LogP contribution >= 0.6 is 0 Å². The second-order valence-corrected chi connectivity index (χ2v) is 8.91. The van der Waals surface area contributed by atoms with Gasteiger partial charge >= 0.3 is 0 Å². The molecule has 3 aromatic rings. The summed E-state index contributed by atoms with van der Waals surface area (Å²) in [4.78, 5) is 29.6. The van der Waals surface area contributed by atoms with Gasteiger partial charge in [-0.1, -0.05) is 30.3 Å². The third-order valence-corrected chi connectivity index (χ3v) is 6.67. The minimum Gasteiger partial charge on any atom is -0.369 e. The smallest absolute Gasteiger partial charge is 0.269 e. The molecule has 0 aliphatic carbocycles. The fourth-order valence-electron chi connectivity index (χ4n) is 4.55. The third kappa shape index (κ3) is 4.99. The molecule has 174 valence electrons. The molecule has 0 spiro atoms. The first kappa shape index (κ1) is 22.8. The topological polar surface area (TPSA) is 76.3 Å². The van der Waals surface area contributed by atoms with E-state index in [0.29, 0.717) is 19.6 Å². The highest BCUT2D eigenvalue weighted by Crippen LogP contribution is 2.24. The Labute approximate surface area is 194 Å². The van der Waals surface area contributed by atoms with E-state index in [1.807, 2.05) is 60.9 Å². The number of hydrogen-bond acceptors (Lipinski definition) is 5. The van der Waals surface area contributed by atoms with Crippen molar-refractivity contribution in [2.75, 3.05) is 31.6 Å². The average molecular weight is 449 g/mol. The fourth-order valence-corrected chi connectivity index (χ4v) is 4.55. The molecule has 2 aromatic heterocycles. The molecule has 1 aliphatic rings. The van der Waals surface area contributed by atoms with E-state index in [1.54, 1.807) is 12.3 Å². The predicted molar refractivity (Wildman–Crippen MR) is 128 cm³/mol. The lowest BCUT2D eigenvalue weighted by Gasteiger charge is -2.22. The molecule has 0 N–H and O–H groups in total. The number of amides is 1. The molecule has 3 heterocycles. The van der Waals surface area contributed by atoms with E-state index < -0.39 is 0 Å². The van der Waals surface area contributed by atoms with E-state index in [-0.39, 0.29) is 17.4 Å². The molecule has 0 radical (unpaired) electrons. The first-order chi connectivity index (χ1) is 15.8. The Bertz CT molecular complexity index is 1180. The molecule has 8 nitrogen and oxygen atoms in total. The summed E-state index contributed by atoms with van der Waals surface area (Å²) in [6.45, 7) is 6.54. The fraction of sp³-hybridized carbons (Fsp3) is 0.440. The van der Waals surface area contributed by atoms with Crippen LogP contribution in [0.3, 0.4) is 0 Å². The summed E-state index contributed by atoms with van der Waals surface area (Å²) in [5, 5.41) is 8.83. The Morgan fingerprint density at radius 3 is 2.64 bits per heavy atom. The lowest BCUT2D eigenvalue weighted by atomic mass is 10.1. The van der Waals surface area contributed by atoms with Crippen molar-refractivity contribution in [1.82, 2.24) is 24.5 Å².